The highest BCUT2D eigenvalue weighted by Crippen LogP contribution is 2.18. The van der Waals surface area contributed by atoms with E-state index in [1.807, 2.05) is 53.2 Å². The van der Waals surface area contributed by atoms with Crippen LogP contribution < -0.4 is 15.0 Å². The standard InChI is InChI=1S/C24H25N5O2/c1-3-28(4-2)22-12-11-19(15-25-22)27-24(30)18-8-7-9-21(14-18)31-17-20-16-29-13-6-5-10-23(29)26-20/h5-16H,3-4,17H2,1-2H3,(H,27,30). The summed E-state index contributed by atoms with van der Waals surface area (Å²) in [4.78, 5) is 23.8. The summed E-state index contributed by atoms with van der Waals surface area (Å²) in [5.74, 6) is 1.29. The second-order valence-corrected chi connectivity index (χ2v) is 7.05. The van der Waals surface area contributed by atoms with Crippen LogP contribution in [0, 0.1) is 0 Å². The third-order valence-corrected chi connectivity index (χ3v) is 4.99. The Bertz CT molecular complexity index is 1130. The number of pyridine rings is 2. The van der Waals surface area contributed by atoms with Crippen LogP contribution in [0.3, 0.4) is 0 Å². The Morgan fingerprint density at radius 3 is 2.71 bits per heavy atom. The maximum Gasteiger partial charge on any atom is 0.255 e. The topological polar surface area (TPSA) is 71.8 Å². The van der Waals surface area contributed by atoms with Gasteiger partial charge in [0.1, 0.15) is 23.8 Å². The minimum atomic E-state index is -0.212. The largest absolute Gasteiger partial charge is 0.487 e. The molecule has 7 heteroatoms. The van der Waals surface area contributed by atoms with Crippen molar-refractivity contribution in [2.45, 2.75) is 20.5 Å². The maximum absolute atomic E-state index is 12.7. The highest BCUT2D eigenvalue weighted by atomic mass is 16.5. The van der Waals surface area contributed by atoms with Crippen molar-refractivity contribution < 1.29 is 9.53 Å². The van der Waals surface area contributed by atoms with Crippen molar-refractivity contribution in [2.24, 2.45) is 0 Å². The Balaban J connectivity index is 1.39. The molecule has 0 radical (unpaired) electrons. The number of anilines is 2. The maximum atomic E-state index is 12.7. The van der Waals surface area contributed by atoms with Crippen LogP contribution >= 0.6 is 0 Å². The molecule has 0 saturated carbocycles. The molecule has 0 fully saturated rings. The number of aromatic nitrogens is 3. The van der Waals surface area contributed by atoms with E-state index in [2.05, 4.69) is 34.0 Å². The Morgan fingerprint density at radius 1 is 1.10 bits per heavy atom. The molecule has 1 aromatic carbocycles. The lowest BCUT2D eigenvalue weighted by Crippen LogP contribution is -2.22. The van der Waals surface area contributed by atoms with E-state index in [-0.39, 0.29) is 5.91 Å². The van der Waals surface area contributed by atoms with Crippen molar-refractivity contribution in [3.63, 3.8) is 0 Å². The number of nitrogens with zero attached hydrogens (tertiary/aromatic N) is 4. The molecule has 0 aliphatic carbocycles. The Morgan fingerprint density at radius 2 is 1.97 bits per heavy atom. The van der Waals surface area contributed by atoms with Gasteiger partial charge in [-0.1, -0.05) is 12.1 Å². The van der Waals surface area contributed by atoms with E-state index in [9.17, 15) is 4.79 Å². The first-order valence-corrected chi connectivity index (χ1v) is 10.3. The summed E-state index contributed by atoms with van der Waals surface area (Å²) in [6, 6.07) is 16.7. The van der Waals surface area contributed by atoms with Crippen molar-refractivity contribution in [3.05, 3.63) is 84.4 Å². The zero-order valence-electron chi connectivity index (χ0n) is 17.7. The molecule has 4 rings (SSSR count). The smallest absolute Gasteiger partial charge is 0.255 e. The van der Waals surface area contributed by atoms with E-state index in [1.54, 1.807) is 24.4 Å². The number of hydrogen-bond donors (Lipinski definition) is 1. The van der Waals surface area contributed by atoms with E-state index < -0.39 is 0 Å². The first-order valence-electron chi connectivity index (χ1n) is 10.3. The highest BCUT2D eigenvalue weighted by Gasteiger charge is 2.10. The first kappa shape index (κ1) is 20.4. The predicted octanol–water partition coefficient (Wildman–Crippen LogP) is 4.41. The van der Waals surface area contributed by atoms with Gasteiger partial charge in [0, 0.05) is 31.0 Å². The van der Waals surface area contributed by atoms with Crippen LogP contribution in [0.5, 0.6) is 5.75 Å². The zero-order chi connectivity index (χ0) is 21.6. The molecular weight excluding hydrogens is 390 g/mol. The van der Waals surface area contributed by atoms with Gasteiger partial charge in [0.15, 0.2) is 0 Å². The van der Waals surface area contributed by atoms with E-state index in [0.29, 0.717) is 23.6 Å². The van der Waals surface area contributed by atoms with Gasteiger partial charge in [-0.3, -0.25) is 4.79 Å². The van der Waals surface area contributed by atoms with Crippen LogP contribution in [0.25, 0.3) is 5.65 Å². The van der Waals surface area contributed by atoms with Gasteiger partial charge in [-0.15, -0.1) is 0 Å². The fraction of sp³-hybridized carbons (Fsp3) is 0.208. The predicted molar refractivity (Wildman–Crippen MR) is 122 cm³/mol. The first-order chi connectivity index (χ1) is 15.2. The van der Waals surface area contributed by atoms with Crippen LogP contribution in [0.2, 0.25) is 0 Å². The summed E-state index contributed by atoms with van der Waals surface area (Å²) in [6.45, 7) is 6.27. The summed E-state index contributed by atoms with van der Waals surface area (Å²) in [6.07, 6.45) is 5.55. The zero-order valence-corrected chi connectivity index (χ0v) is 17.7. The summed E-state index contributed by atoms with van der Waals surface area (Å²) in [7, 11) is 0. The minimum absolute atomic E-state index is 0.212. The van der Waals surface area contributed by atoms with E-state index in [0.717, 1.165) is 30.2 Å². The molecule has 0 spiro atoms. The molecule has 158 valence electrons. The molecule has 0 atom stereocenters. The molecule has 31 heavy (non-hydrogen) atoms. The molecule has 1 N–H and O–H groups in total. The van der Waals surface area contributed by atoms with Crippen LogP contribution in [0.15, 0.2) is 73.2 Å². The molecule has 4 aromatic rings. The van der Waals surface area contributed by atoms with Crippen LogP contribution in [0.4, 0.5) is 11.5 Å². The second-order valence-electron chi connectivity index (χ2n) is 7.05. The number of fused-ring (bicyclic) bond motifs is 1. The van der Waals surface area contributed by atoms with Crippen molar-refractivity contribution in [2.75, 3.05) is 23.3 Å². The Kier molecular flexibility index (Phi) is 6.12. The third-order valence-electron chi connectivity index (χ3n) is 4.99. The Hall–Kier alpha value is -3.87. The van der Waals surface area contributed by atoms with Gasteiger partial charge in [0.2, 0.25) is 0 Å². The van der Waals surface area contributed by atoms with Gasteiger partial charge in [0.25, 0.3) is 5.91 Å². The number of nitrogens with one attached hydrogen (secondary N) is 1. The lowest BCUT2D eigenvalue weighted by molar-refractivity contribution is 0.102. The van der Waals surface area contributed by atoms with Gasteiger partial charge in [0.05, 0.1) is 17.6 Å². The molecule has 0 unspecified atom stereocenters. The van der Waals surface area contributed by atoms with Crippen LogP contribution in [0.1, 0.15) is 29.9 Å². The van der Waals surface area contributed by atoms with Gasteiger partial charge < -0.3 is 19.4 Å². The van der Waals surface area contributed by atoms with Crippen molar-refractivity contribution in [3.8, 4) is 5.75 Å². The second kappa shape index (κ2) is 9.30. The van der Waals surface area contributed by atoms with Gasteiger partial charge >= 0.3 is 0 Å². The van der Waals surface area contributed by atoms with Crippen molar-refractivity contribution >= 4 is 23.1 Å². The molecular formula is C24H25N5O2. The number of carbonyl (C=O) groups excluding carboxylic acids is 1. The summed E-state index contributed by atoms with van der Waals surface area (Å²) >= 11 is 0. The van der Waals surface area contributed by atoms with Crippen molar-refractivity contribution in [1.29, 1.82) is 0 Å². The quantitative estimate of drug-likeness (QED) is 0.462. The molecule has 0 aliphatic heterocycles. The molecule has 3 aromatic heterocycles. The average Bonchev–Trinajstić information content (AvgIpc) is 3.23. The van der Waals surface area contributed by atoms with E-state index in [1.165, 1.54) is 0 Å². The fourth-order valence-electron chi connectivity index (χ4n) is 3.34. The summed E-state index contributed by atoms with van der Waals surface area (Å²) in [5, 5.41) is 2.89. The lowest BCUT2D eigenvalue weighted by Gasteiger charge is -2.19. The van der Waals surface area contributed by atoms with Crippen LogP contribution in [-0.4, -0.2) is 33.4 Å². The van der Waals surface area contributed by atoms with Gasteiger partial charge in [-0.25, -0.2) is 9.97 Å². The average molecular weight is 415 g/mol. The highest BCUT2D eigenvalue weighted by molar-refractivity contribution is 6.04. The van der Waals surface area contributed by atoms with Crippen molar-refractivity contribution in [1.82, 2.24) is 14.4 Å². The number of benzene rings is 1. The number of amides is 1. The summed E-state index contributed by atoms with van der Waals surface area (Å²) < 4.78 is 7.80. The third kappa shape index (κ3) is 4.83. The monoisotopic (exact) mass is 415 g/mol. The number of rotatable bonds is 8. The van der Waals surface area contributed by atoms with Gasteiger partial charge in [-0.2, -0.15) is 0 Å². The summed E-state index contributed by atoms with van der Waals surface area (Å²) in [5.41, 5.74) is 2.85. The lowest BCUT2D eigenvalue weighted by atomic mass is 10.2. The van der Waals surface area contributed by atoms with E-state index in [4.69, 9.17) is 4.74 Å². The molecule has 7 nitrogen and oxygen atoms in total. The van der Waals surface area contributed by atoms with E-state index >= 15 is 0 Å². The number of ether oxygens (including phenoxy) is 1. The number of imidazole rings is 1. The minimum Gasteiger partial charge on any atom is -0.487 e. The SMILES string of the molecule is CCN(CC)c1ccc(NC(=O)c2cccc(OCc3cn4ccccc4n3)c2)cn1. The molecule has 1 amide bonds. The molecule has 0 bridgehead atoms. The Labute approximate surface area is 181 Å². The normalized spacial score (nSPS) is 10.8. The molecule has 3 heterocycles. The van der Waals surface area contributed by atoms with Crippen LogP contribution in [-0.2, 0) is 6.61 Å². The number of hydrogen-bond acceptors (Lipinski definition) is 5. The van der Waals surface area contributed by atoms with Gasteiger partial charge in [-0.05, 0) is 56.3 Å². The molecule has 0 saturated heterocycles. The number of carbonyl (C=O) groups is 1. The fourth-order valence-corrected chi connectivity index (χ4v) is 3.34. The molecule has 0 aliphatic rings.